The van der Waals surface area contributed by atoms with Crippen LogP contribution in [-0.2, 0) is 6.42 Å². The second-order valence-electron chi connectivity index (χ2n) is 2.96. The molecule has 0 aromatic heterocycles. The van der Waals surface area contributed by atoms with Crippen LogP contribution in [0, 0.1) is 0 Å². The maximum Gasteiger partial charge on any atom is 0.411 e. The molecule has 3 nitrogen and oxygen atoms in total. The van der Waals surface area contributed by atoms with E-state index < -0.39 is 6.09 Å². The fraction of sp³-hybridized carbons (Fsp3) is 0.222. The molecule has 0 fully saturated rings. The molecule has 1 N–H and O–H groups in total. The molecule has 1 amide bonds. The first-order chi connectivity index (χ1) is 6.18. The van der Waals surface area contributed by atoms with Crippen molar-refractivity contribution in [1.29, 1.82) is 0 Å². The summed E-state index contributed by atoms with van der Waals surface area (Å²) < 4.78 is 0.999. The molecule has 1 aliphatic rings. The van der Waals surface area contributed by atoms with Crippen LogP contribution in [0.2, 0.25) is 0 Å². The van der Waals surface area contributed by atoms with Crippen LogP contribution < -0.4 is 4.90 Å². The average Bonchev–Trinajstić information content (AvgIpc) is 2.46. The van der Waals surface area contributed by atoms with Gasteiger partial charge in [-0.3, -0.25) is 4.90 Å². The lowest BCUT2D eigenvalue weighted by Crippen LogP contribution is -2.26. The number of carbonyl (C=O) groups is 1. The highest BCUT2D eigenvalue weighted by Crippen LogP contribution is 2.30. The largest absolute Gasteiger partial charge is 0.465 e. The Labute approximate surface area is 84.1 Å². The van der Waals surface area contributed by atoms with E-state index in [-0.39, 0.29) is 0 Å². The summed E-state index contributed by atoms with van der Waals surface area (Å²) >= 11 is 3.36. The molecular weight excluding hydrogens is 234 g/mol. The zero-order valence-electron chi connectivity index (χ0n) is 6.83. The van der Waals surface area contributed by atoms with E-state index in [1.54, 1.807) is 0 Å². The molecular formula is C9H8BrNO2. The maximum atomic E-state index is 10.8. The van der Waals surface area contributed by atoms with Gasteiger partial charge >= 0.3 is 6.09 Å². The molecule has 0 radical (unpaired) electrons. The molecule has 68 valence electrons. The summed E-state index contributed by atoms with van der Waals surface area (Å²) in [5.74, 6) is 0. The maximum absolute atomic E-state index is 10.8. The molecule has 1 aromatic carbocycles. The van der Waals surface area contributed by atoms with Crippen molar-refractivity contribution in [3.8, 4) is 0 Å². The highest BCUT2D eigenvalue weighted by Gasteiger charge is 2.23. The van der Waals surface area contributed by atoms with Gasteiger partial charge in [-0.05, 0) is 30.2 Å². The van der Waals surface area contributed by atoms with Gasteiger partial charge < -0.3 is 5.11 Å². The minimum absolute atomic E-state index is 0.571. The Morgan fingerprint density at radius 2 is 2.31 bits per heavy atom. The van der Waals surface area contributed by atoms with Crippen molar-refractivity contribution in [2.24, 2.45) is 0 Å². The van der Waals surface area contributed by atoms with Gasteiger partial charge in [-0.2, -0.15) is 0 Å². The normalized spacial score (nSPS) is 14.4. The van der Waals surface area contributed by atoms with Crippen molar-refractivity contribution in [2.75, 3.05) is 11.4 Å². The molecule has 1 aliphatic heterocycles. The molecule has 13 heavy (non-hydrogen) atoms. The van der Waals surface area contributed by atoms with Crippen LogP contribution in [0.25, 0.3) is 0 Å². The van der Waals surface area contributed by atoms with Crippen LogP contribution in [0.1, 0.15) is 5.56 Å². The lowest BCUT2D eigenvalue weighted by atomic mass is 10.2. The summed E-state index contributed by atoms with van der Waals surface area (Å²) in [6.07, 6.45) is -0.0674. The van der Waals surface area contributed by atoms with E-state index in [1.165, 1.54) is 4.90 Å². The molecule has 0 bridgehead atoms. The Kier molecular flexibility index (Phi) is 2.00. The predicted octanol–water partition coefficient (Wildman–Crippen LogP) is 2.49. The number of rotatable bonds is 0. The Bertz CT molecular complexity index is 365. The number of carboxylic acid groups (broad SMARTS) is 1. The zero-order valence-corrected chi connectivity index (χ0v) is 8.41. The molecule has 0 aliphatic carbocycles. The van der Waals surface area contributed by atoms with Gasteiger partial charge in [-0.1, -0.05) is 15.9 Å². The second kappa shape index (κ2) is 3.03. The number of benzene rings is 1. The fourth-order valence-corrected chi connectivity index (χ4v) is 1.98. The monoisotopic (exact) mass is 241 g/mol. The number of nitrogens with zero attached hydrogens (tertiary/aromatic N) is 1. The summed E-state index contributed by atoms with van der Waals surface area (Å²) in [5, 5.41) is 8.84. The molecule has 2 rings (SSSR count). The van der Waals surface area contributed by atoms with Gasteiger partial charge in [0, 0.05) is 11.0 Å². The highest BCUT2D eigenvalue weighted by atomic mass is 79.9. The Balaban J connectivity index is 2.44. The van der Waals surface area contributed by atoms with Crippen LogP contribution in [0.5, 0.6) is 0 Å². The van der Waals surface area contributed by atoms with Gasteiger partial charge in [0.05, 0.1) is 5.69 Å². The van der Waals surface area contributed by atoms with E-state index in [4.69, 9.17) is 5.11 Å². The molecule has 1 heterocycles. The topological polar surface area (TPSA) is 40.5 Å². The van der Waals surface area contributed by atoms with Gasteiger partial charge in [-0.25, -0.2) is 4.79 Å². The van der Waals surface area contributed by atoms with E-state index in [9.17, 15) is 4.79 Å². The lowest BCUT2D eigenvalue weighted by molar-refractivity contribution is 0.202. The standard InChI is InChI=1S/C9H8BrNO2/c10-7-1-2-8-6(5-7)3-4-11(8)9(12)13/h1-2,5H,3-4H2,(H,12,13). The summed E-state index contributed by atoms with van der Waals surface area (Å²) in [5.41, 5.74) is 1.91. The smallest absolute Gasteiger partial charge is 0.411 e. The first-order valence-corrected chi connectivity index (χ1v) is 4.76. The van der Waals surface area contributed by atoms with Crippen LogP contribution in [0.15, 0.2) is 22.7 Å². The average molecular weight is 242 g/mol. The molecule has 0 saturated carbocycles. The number of hydrogen-bond donors (Lipinski definition) is 1. The van der Waals surface area contributed by atoms with Crippen molar-refractivity contribution in [3.63, 3.8) is 0 Å². The van der Waals surface area contributed by atoms with Crippen molar-refractivity contribution >= 4 is 27.7 Å². The van der Waals surface area contributed by atoms with Gasteiger partial charge in [0.25, 0.3) is 0 Å². The quantitative estimate of drug-likeness (QED) is 0.759. The Morgan fingerprint density at radius 1 is 1.54 bits per heavy atom. The van der Waals surface area contributed by atoms with Crippen molar-refractivity contribution < 1.29 is 9.90 Å². The summed E-state index contributed by atoms with van der Waals surface area (Å²) in [6.45, 7) is 0.571. The number of anilines is 1. The van der Waals surface area contributed by atoms with Gasteiger partial charge in [0.2, 0.25) is 0 Å². The number of fused-ring (bicyclic) bond motifs is 1. The third-order valence-corrected chi connectivity index (χ3v) is 2.66. The number of amides is 1. The summed E-state index contributed by atoms with van der Waals surface area (Å²) in [7, 11) is 0. The van der Waals surface area contributed by atoms with Crippen molar-refractivity contribution in [2.45, 2.75) is 6.42 Å². The van der Waals surface area contributed by atoms with Gasteiger partial charge in [-0.15, -0.1) is 0 Å². The number of hydrogen-bond acceptors (Lipinski definition) is 1. The molecule has 0 unspecified atom stereocenters. The summed E-state index contributed by atoms with van der Waals surface area (Å²) in [4.78, 5) is 12.1. The molecule has 0 saturated heterocycles. The Morgan fingerprint density at radius 3 is 3.00 bits per heavy atom. The molecule has 1 aromatic rings. The lowest BCUT2D eigenvalue weighted by Gasteiger charge is -2.11. The molecule has 0 spiro atoms. The van der Waals surface area contributed by atoms with Gasteiger partial charge in [0.1, 0.15) is 0 Å². The zero-order chi connectivity index (χ0) is 9.42. The van der Waals surface area contributed by atoms with E-state index >= 15 is 0 Å². The Hall–Kier alpha value is -1.03. The van der Waals surface area contributed by atoms with E-state index in [2.05, 4.69) is 15.9 Å². The third-order valence-electron chi connectivity index (χ3n) is 2.17. The van der Waals surface area contributed by atoms with Crippen molar-refractivity contribution in [3.05, 3.63) is 28.2 Å². The minimum Gasteiger partial charge on any atom is -0.465 e. The first kappa shape index (κ1) is 8.56. The highest BCUT2D eigenvalue weighted by molar-refractivity contribution is 9.10. The predicted molar refractivity (Wildman–Crippen MR) is 53.2 cm³/mol. The van der Waals surface area contributed by atoms with Crippen molar-refractivity contribution in [1.82, 2.24) is 0 Å². The van der Waals surface area contributed by atoms with Crippen LogP contribution in [0.3, 0.4) is 0 Å². The molecule has 4 heteroatoms. The third kappa shape index (κ3) is 1.42. The van der Waals surface area contributed by atoms with E-state index in [0.29, 0.717) is 6.54 Å². The first-order valence-electron chi connectivity index (χ1n) is 3.97. The summed E-state index contributed by atoms with van der Waals surface area (Å²) in [6, 6.07) is 5.67. The van der Waals surface area contributed by atoms with Crippen LogP contribution in [0.4, 0.5) is 10.5 Å². The van der Waals surface area contributed by atoms with Crippen LogP contribution >= 0.6 is 15.9 Å². The van der Waals surface area contributed by atoms with Crippen LogP contribution in [-0.4, -0.2) is 17.7 Å². The number of halogens is 1. The van der Waals surface area contributed by atoms with Gasteiger partial charge in [0.15, 0.2) is 0 Å². The fourth-order valence-electron chi connectivity index (χ4n) is 1.57. The van der Waals surface area contributed by atoms with E-state index in [1.807, 2.05) is 18.2 Å². The minimum atomic E-state index is -0.874. The molecule has 0 atom stereocenters. The van der Waals surface area contributed by atoms with E-state index in [0.717, 1.165) is 22.1 Å². The SMILES string of the molecule is O=C(O)N1CCc2cc(Br)ccc21. The second-order valence-corrected chi connectivity index (χ2v) is 3.87.